The second kappa shape index (κ2) is 5.96. The van der Waals surface area contributed by atoms with E-state index in [0.717, 1.165) is 25.3 Å². The Kier molecular flexibility index (Phi) is 4.87. The maximum atomic E-state index is 4.36. The van der Waals surface area contributed by atoms with Crippen LogP contribution in [0, 0.1) is 11.3 Å². The average Bonchev–Trinajstić information content (AvgIpc) is 2.65. The molecule has 1 unspecified atom stereocenters. The van der Waals surface area contributed by atoms with Gasteiger partial charge < -0.3 is 5.32 Å². The summed E-state index contributed by atoms with van der Waals surface area (Å²) in [7, 11) is 1.96. The van der Waals surface area contributed by atoms with Gasteiger partial charge in [-0.3, -0.25) is 0 Å². The highest BCUT2D eigenvalue weighted by molar-refractivity contribution is 5.01. The van der Waals surface area contributed by atoms with Crippen molar-refractivity contribution in [2.24, 2.45) is 11.3 Å². The van der Waals surface area contributed by atoms with Gasteiger partial charge in [-0.1, -0.05) is 26.8 Å². The molecule has 0 saturated heterocycles. The molecule has 96 valence electrons. The van der Waals surface area contributed by atoms with Crippen molar-refractivity contribution in [2.75, 3.05) is 13.6 Å². The Bertz CT molecular complexity index is 356. The molecule has 0 radical (unpaired) electrons. The van der Waals surface area contributed by atoms with Gasteiger partial charge in [0.2, 0.25) is 0 Å². The van der Waals surface area contributed by atoms with Crippen LogP contribution in [0.4, 0.5) is 0 Å². The summed E-state index contributed by atoms with van der Waals surface area (Å²) >= 11 is 0. The minimum Gasteiger partial charge on any atom is -0.319 e. The van der Waals surface area contributed by atoms with Gasteiger partial charge >= 0.3 is 0 Å². The Morgan fingerprint density at radius 2 is 2.29 bits per heavy atom. The van der Waals surface area contributed by atoms with Crippen molar-refractivity contribution in [3.05, 3.63) is 24.8 Å². The van der Waals surface area contributed by atoms with Crippen LogP contribution in [0.3, 0.4) is 0 Å². The SMILES string of the molecule is C=CC(C)(CNC)Cc1ncnn1CC(C)C. The van der Waals surface area contributed by atoms with E-state index in [-0.39, 0.29) is 5.41 Å². The van der Waals surface area contributed by atoms with Crippen LogP contribution in [-0.2, 0) is 13.0 Å². The Balaban J connectivity index is 2.79. The van der Waals surface area contributed by atoms with Gasteiger partial charge in [0, 0.05) is 24.9 Å². The van der Waals surface area contributed by atoms with E-state index >= 15 is 0 Å². The maximum absolute atomic E-state index is 4.36. The van der Waals surface area contributed by atoms with Gasteiger partial charge in [-0.15, -0.1) is 6.58 Å². The number of hydrogen-bond acceptors (Lipinski definition) is 3. The summed E-state index contributed by atoms with van der Waals surface area (Å²) in [4.78, 5) is 4.36. The first kappa shape index (κ1) is 13.9. The molecule has 0 amide bonds. The van der Waals surface area contributed by atoms with Gasteiger partial charge in [0.1, 0.15) is 12.2 Å². The molecule has 0 bridgehead atoms. The van der Waals surface area contributed by atoms with Gasteiger partial charge in [0.25, 0.3) is 0 Å². The van der Waals surface area contributed by atoms with E-state index in [4.69, 9.17) is 0 Å². The molecule has 0 aliphatic rings. The van der Waals surface area contributed by atoms with Gasteiger partial charge in [-0.2, -0.15) is 5.10 Å². The molecule has 0 spiro atoms. The third-order valence-electron chi connectivity index (χ3n) is 2.87. The largest absolute Gasteiger partial charge is 0.319 e. The summed E-state index contributed by atoms with van der Waals surface area (Å²) in [6, 6.07) is 0. The van der Waals surface area contributed by atoms with E-state index in [2.05, 4.69) is 42.7 Å². The summed E-state index contributed by atoms with van der Waals surface area (Å²) in [5.41, 5.74) is 0.0243. The van der Waals surface area contributed by atoms with Crippen LogP contribution in [0.15, 0.2) is 19.0 Å². The van der Waals surface area contributed by atoms with E-state index in [9.17, 15) is 0 Å². The lowest BCUT2D eigenvalue weighted by molar-refractivity contribution is 0.375. The van der Waals surface area contributed by atoms with Crippen LogP contribution < -0.4 is 5.32 Å². The molecular weight excluding hydrogens is 212 g/mol. The number of hydrogen-bond donors (Lipinski definition) is 1. The highest BCUT2D eigenvalue weighted by Gasteiger charge is 2.23. The Labute approximate surface area is 104 Å². The standard InChI is InChI=1S/C13H24N4/c1-6-13(4,9-14-5)7-12-15-10-16-17(12)8-11(2)3/h6,10-11,14H,1,7-9H2,2-5H3. The fourth-order valence-electron chi connectivity index (χ4n) is 1.90. The molecule has 1 N–H and O–H groups in total. The molecule has 17 heavy (non-hydrogen) atoms. The summed E-state index contributed by atoms with van der Waals surface area (Å²) in [5, 5.41) is 7.49. The van der Waals surface area contributed by atoms with Crippen molar-refractivity contribution >= 4 is 0 Å². The molecule has 1 atom stereocenters. The van der Waals surface area contributed by atoms with Crippen molar-refractivity contribution in [1.29, 1.82) is 0 Å². The third-order valence-corrected chi connectivity index (χ3v) is 2.87. The van der Waals surface area contributed by atoms with Crippen molar-refractivity contribution in [3.8, 4) is 0 Å². The molecule has 1 aromatic heterocycles. The molecule has 0 aromatic carbocycles. The molecule has 4 heteroatoms. The van der Waals surface area contributed by atoms with Gasteiger partial charge in [0.05, 0.1) is 0 Å². The summed E-state index contributed by atoms with van der Waals surface area (Å²) in [6.45, 7) is 12.3. The fourth-order valence-corrected chi connectivity index (χ4v) is 1.90. The first-order chi connectivity index (χ1) is 8.00. The quantitative estimate of drug-likeness (QED) is 0.735. The van der Waals surface area contributed by atoms with Crippen LogP contribution in [0.2, 0.25) is 0 Å². The highest BCUT2D eigenvalue weighted by atomic mass is 15.3. The predicted molar refractivity (Wildman–Crippen MR) is 70.8 cm³/mol. The van der Waals surface area contributed by atoms with Gasteiger partial charge in [0.15, 0.2) is 0 Å². The van der Waals surface area contributed by atoms with Crippen molar-refractivity contribution in [1.82, 2.24) is 20.1 Å². The van der Waals surface area contributed by atoms with E-state index in [1.165, 1.54) is 0 Å². The first-order valence-electron chi connectivity index (χ1n) is 6.15. The summed E-state index contributed by atoms with van der Waals surface area (Å²) < 4.78 is 2.00. The molecule has 0 aliphatic heterocycles. The molecule has 0 aliphatic carbocycles. The molecule has 0 saturated carbocycles. The lowest BCUT2D eigenvalue weighted by Crippen LogP contribution is -2.31. The Morgan fingerprint density at radius 3 is 2.82 bits per heavy atom. The van der Waals surface area contributed by atoms with Crippen LogP contribution in [0.25, 0.3) is 0 Å². The number of aromatic nitrogens is 3. The molecule has 1 heterocycles. The topological polar surface area (TPSA) is 42.7 Å². The van der Waals surface area contributed by atoms with E-state index in [0.29, 0.717) is 5.92 Å². The zero-order chi connectivity index (χ0) is 12.9. The van der Waals surface area contributed by atoms with E-state index < -0.39 is 0 Å². The van der Waals surface area contributed by atoms with E-state index in [1.54, 1.807) is 6.33 Å². The molecular formula is C13H24N4. The second-order valence-electron chi connectivity index (χ2n) is 5.32. The van der Waals surface area contributed by atoms with Crippen LogP contribution >= 0.6 is 0 Å². The van der Waals surface area contributed by atoms with Crippen molar-refractivity contribution < 1.29 is 0 Å². The highest BCUT2D eigenvalue weighted by Crippen LogP contribution is 2.22. The molecule has 4 nitrogen and oxygen atoms in total. The Hall–Kier alpha value is -1.16. The zero-order valence-electron chi connectivity index (χ0n) is 11.4. The zero-order valence-corrected chi connectivity index (χ0v) is 11.4. The van der Waals surface area contributed by atoms with Crippen molar-refractivity contribution in [3.63, 3.8) is 0 Å². The summed E-state index contributed by atoms with van der Waals surface area (Å²) in [6.07, 6.45) is 4.50. The number of rotatable bonds is 7. The molecule has 1 rings (SSSR count). The lowest BCUT2D eigenvalue weighted by Gasteiger charge is -2.25. The average molecular weight is 236 g/mol. The second-order valence-corrected chi connectivity index (χ2v) is 5.32. The number of nitrogens with zero attached hydrogens (tertiary/aromatic N) is 3. The van der Waals surface area contributed by atoms with Crippen LogP contribution in [0.1, 0.15) is 26.6 Å². The van der Waals surface area contributed by atoms with E-state index in [1.807, 2.05) is 17.8 Å². The van der Waals surface area contributed by atoms with Crippen LogP contribution in [-0.4, -0.2) is 28.4 Å². The minimum atomic E-state index is 0.0243. The van der Waals surface area contributed by atoms with Gasteiger partial charge in [-0.25, -0.2) is 9.67 Å². The summed E-state index contributed by atoms with van der Waals surface area (Å²) in [5.74, 6) is 1.62. The maximum Gasteiger partial charge on any atom is 0.138 e. The third kappa shape index (κ3) is 3.97. The van der Waals surface area contributed by atoms with Crippen molar-refractivity contribution in [2.45, 2.75) is 33.7 Å². The van der Waals surface area contributed by atoms with Gasteiger partial charge in [-0.05, 0) is 13.0 Å². The van der Waals surface area contributed by atoms with Crippen LogP contribution in [0.5, 0.6) is 0 Å². The number of nitrogens with one attached hydrogen (secondary N) is 1. The smallest absolute Gasteiger partial charge is 0.138 e. The Morgan fingerprint density at radius 1 is 1.59 bits per heavy atom. The lowest BCUT2D eigenvalue weighted by atomic mass is 9.86. The minimum absolute atomic E-state index is 0.0243. The normalized spacial score (nSPS) is 14.9. The fraction of sp³-hybridized carbons (Fsp3) is 0.692. The monoisotopic (exact) mass is 236 g/mol. The first-order valence-corrected chi connectivity index (χ1v) is 6.15. The predicted octanol–water partition coefficient (Wildman–Crippen LogP) is 1.89. The molecule has 1 aromatic rings. The molecule has 0 fully saturated rings.